The molecule has 4 aromatic carbocycles. The van der Waals surface area contributed by atoms with Crippen LogP contribution >= 0.6 is 27.5 Å². The molecule has 2 aliphatic carbocycles. The number of hydrazine groups is 1. The Bertz CT molecular complexity index is 2270. The number of phenolic OH excluding ortho intramolecular Hbond substituents is 1. The van der Waals surface area contributed by atoms with Crippen LogP contribution in [0.1, 0.15) is 48.3 Å². The number of hydrogen-bond acceptors (Lipinski definition) is 7. The number of allylic oxidation sites excluding steroid dienone is 2. The number of benzene rings is 4. The highest BCUT2D eigenvalue weighted by molar-refractivity contribution is 9.10. The molecule has 9 rings (SSSR count). The Labute approximate surface area is 337 Å². The number of amides is 4. The molecule has 3 heterocycles. The molecule has 12 heteroatoms. The molecule has 0 unspecified atom stereocenters. The monoisotopic (exact) mass is 836 g/mol. The van der Waals surface area contributed by atoms with Crippen molar-refractivity contribution in [3.63, 3.8) is 0 Å². The molecular weight excluding hydrogens is 799 g/mol. The van der Waals surface area contributed by atoms with Gasteiger partial charge in [0.25, 0.3) is 11.8 Å². The second-order valence-electron chi connectivity index (χ2n) is 15.6. The lowest BCUT2D eigenvalue weighted by Crippen LogP contribution is -2.53. The lowest BCUT2D eigenvalue weighted by molar-refractivity contribution is -0.144. The zero-order valence-corrected chi connectivity index (χ0v) is 32.6. The van der Waals surface area contributed by atoms with Gasteiger partial charge in [-0.1, -0.05) is 81.6 Å². The first-order chi connectivity index (χ1) is 27.1. The Morgan fingerprint density at radius 3 is 2.29 bits per heavy atom. The molecule has 4 fully saturated rings. The fourth-order valence-electron chi connectivity index (χ4n) is 10.3. The summed E-state index contributed by atoms with van der Waals surface area (Å²) in [5.41, 5.74) is 4.61. The number of nitrogens with one attached hydrogen (secondary N) is 1. The van der Waals surface area contributed by atoms with Gasteiger partial charge in [-0.15, -0.1) is 0 Å². The third-order valence-corrected chi connectivity index (χ3v) is 13.5. The second-order valence-corrected chi connectivity index (χ2v) is 17.0. The highest BCUT2D eigenvalue weighted by Crippen LogP contribution is 2.65. The molecule has 6 atom stereocenters. The smallest absolute Gasteiger partial charge is 0.260 e. The fraction of sp³-hybridized carbons (Fsp3) is 0.318. The van der Waals surface area contributed by atoms with Gasteiger partial charge in [0.2, 0.25) is 11.8 Å². The molecule has 9 nitrogen and oxygen atoms in total. The zero-order valence-electron chi connectivity index (χ0n) is 30.3. The quantitative estimate of drug-likeness (QED) is 0.146. The first-order valence-electron chi connectivity index (χ1n) is 19.0. The van der Waals surface area contributed by atoms with Gasteiger partial charge >= 0.3 is 0 Å². The number of aromatic hydroxyl groups is 1. The molecular formula is C44H39BrClFN4O5. The topological polar surface area (TPSA) is 110 Å². The third-order valence-electron chi connectivity index (χ3n) is 12.8. The lowest BCUT2D eigenvalue weighted by atomic mass is 9.49. The van der Waals surface area contributed by atoms with Crippen LogP contribution in [-0.2, 0) is 31.1 Å². The van der Waals surface area contributed by atoms with Crippen molar-refractivity contribution < 1.29 is 28.7 Å². The molecule has 1 saturated carbocycles. The summed E-state index contributed by atoms with van der Waals surface area (Å²) in [4.78, 5) is 63.2. The second kappa shape index (κ2) is 14.3. The van der Waals surface area contributed by atoms with E-state index >= 15 is 4.79 Å². The standard InChI is InChI=1S/C44H39BrClFN4O5/c45-27-8-17-37(52)35(22-27)39-32-15-16-33-38(42(55)50(40(33)53)31-18-20-49(21-19-31)24-25-4-2-1-3-5-25)34(32)23-36-41(54)51(48-30-13-11-29(47)12-14-30)43(56)44(36,39)26-6-9-28(46)10-7-26/h1-15,17,22,31,33-34,36,38-39,48,52H,16,18-21,23-24H2/t33-,34+,36-,38-,39+,44+/m0/s1. The van der Waals surface area contributed by atoms with Crippen LogP contribution < -0.4 is 5.43 Å². The molecule has 2 N–H and O–H groups in total. The third kappa shape index (κ3) is 5.89. The van der Waals surface area contributed by atoms with E-state index < -0.39 is 52.6 Å². The van der Waals surface area contributed by atoms with Gasteiger partial charge in [0.15, 0.2) is 0 Å². The van der Waals surface area contributed by atoms with Crippen molar-refractivity contribution in [1.29, 1.82) is 0 Å². The summed E-state index contributed by atoms with van der Waals surface area (Å²) in [5, 5.41) is 13.1. The maximum absolute atomic E-state index is 15.3. The number of rotatable bonds is 7. The van der Waals surface area contributed by atoms with Crippen molar-refractivity contribution in [2.45, 2.75) is 49.6 Å². The highest BCUT2D eigenvalue weighted by atomic mass is 79.9. The SMILES string of the molecule is O=C1[C@@H]2C[C@@H]3C(=CC[C@@H]4C(=O)N(C5CCN(Cc6ccccc6)CC5)C(=O)[C@@H]43)[C@H](c3cc(Br)ccc3O)[C@]2(c2ccc(Cl)cc2)C(=O)N1Nc1ccc(F)cc1. The average Bonchev–Trinajstić information content (AvgIpc) is 3.58. The van der Waals surface area contributed by atoms with E-state index in [4.69, 9.17) is 11.6 Å². The summed E-state index contributed by atoms with van der Waals surface area (Å²) in [5.74, 6) is -5.83. The van der Waals surface area contributed by atoms with Crippen molar-refractivity contribution in [2.75, 3.05) is 18.5 Å². The molecule has 4 aromatic rings. The van der Waals surface area contributed by atoms with Crippen molar-refractivity contribution in [3.8, 4) is 5.75 Å². The Kier molecular flexibility index (Phi) is 9.37. The number of nitrogens with zero attached hydrogens (tertiary/aromatic N) is 3. The first kappa shape index (κ1) is 36.8. The summed E-state index contributed by atoms with van der Waals surface area (Å²) >= 11 is 9.96. The van der Waals surface area contributed by atoms with E-state index in [9.17, 15) is 23.9 Å². The van der Waals surface area contributed by atoms with E-state index in [-0.39, 0.29) is 36.4 Å². The number of imide groups is 2. The molecule has 5 aliphatic rings. The summed E-state index contributed by atoms with van der Waals surface area (Å²) in [6, 6.07) is 27.2. The first-order valence-corrected chi connectivity index (χ1v) is 20.2. The Balaban J connectivity index is 1.12. The fourth-order valence-corrected chi connectivity index (χ4v) is 10.8. The molecule has 4 amide bonds. The van der Waals surface area contributed by atoms with E-state index in [2.05, 4.69) is 38.4 Å². The summed E-state index contributed by atoms with van der Waals surface area (Å²) < 4.78 is 14.6. The molecule has 0 radical (unpaired) electrons. The predicted octanol–water partition coefficient (Wildman–Crippen LogP) is 7.60. The number of carbonyl (C=O) groups is 4. The summed E-state index contributed by atoms with van der Waals surface area (Å²) in [6.45, 7) is 2.31. The van der Waals surface area contributed by atoms with Gasteiger partial charge < -0.3 is 5.11 Å². The molecule has 3 saturated heterocycles. The van der Waals surface area contributed by atoms with Crippen molar-refractivity contribution >= 4 is 56.8 Å². The average molecular weight is 838 g/mol. The van der Waals surface area contributed by atoms with Crippen molar-refractivity contribution in [3.05, 3.63) is 141 Å². The minimum absolute atomic E-state index is 0.0723. The molecule has 56 heavy (non-hydrogen) atoms. The van der Waals surface area contributed by atoms with Crippen LogP contribution in [-0.4, -0.2) is 62.7 Å². The Morgan fingerprint density at radius 2 is 1.57 bits per heavy atom. The van der Waals surface area contributed by atoms with E-state index in [1.807, 2.05) is 24.3 Å². The van der Waals surface area contributed by atoms with Crippen molar-refractivity contribution in [2.24, 2.45) is 23.7 Å². The van der Waals surface area contributed by atoms with E-state index in [0.717, 1.165) is 30.2 Å². The van der Waals surface area contributed by atoms with Crippen LogP contribution in [0, 0.1) is 29.5 Å². The Morgan fingerprint density at radius 1 is 0.857 bits per heavy atom. The van der Waals surface area contributed by atoms with Crippen LogP contribution in [0.3, 0.4) is 0 Å². The van der Waals surface area contributed by atoms with Gasteiger partial charge in [-0.3, -0.25) is 34.4 Å². The maximum atomic E-state index is 15.3. The van der Waals surface area contributed by atoms with Crippen LogP contribution in [0.25, 0.3) is 0 Å². The highest BCUT2D eigenvalue weighted by Gasteiger charge is 2.70. The van der Waals surface area contributed by atoms with E-state index in [1.165, 1.54) is 34.7 Å². The van der Waals surface area contributed by atoms with Crippen LogP contribution in [0.2, 0.25) is 5.02 Å². The largest absolute Gasteiger partial charge is 0.508 e. The van der Waals surface area contributed by atoms with Gasteiger partial charge in [0, 0.05) is 46.7 Å². The van der Waals surface area contributed by atoms with E-state index in [0.29, 0.717) is 39.2 Å². The number of likely N-dealkylation sites (tertiary alicyclic amines) is 2. The maximum Gasteiger partial charge on any atom is 0.260 e. The molecule has 3 aliphatic heterocycles. The Hall–Kier alpha value is -4.84. The predicted molar refractivity (Wildman–Crippen MR) is 211 cm³/mol. The zero-order chi connectivity index (χ0) is 38.9. The summed E-state index contributed by atoms with van der Waals surface area (Å²) in [7, 11) is 0. The number of phenols is 1. The molecule has 286 valence electrons. The van der Waals surface area contributed by atoms with Crippen LogP contribution in [0.15, 0.2) is 113 Å². The normalized spacial score (nSPS) is 27.9. The van der Waals surface area contributed by atoms with E-state index in [1.54, 1.807) is 42.5 Å². The van der Waals surface area contributed by atoms with Crippen molar-refractivity contribution in [1.82, 2.24) is 14.8 Å². The lowest BCUT2D eigenvalue weighted by Gasteiger charge is -2.50. The number of hydrogen-bond donors (Lipinski definition) is 2. The molecule has 0 aromatic heterocycles. The minimum atomic E-state index is -1.58. The molecule has 0 spiro atoms. The number of carbonyl (C=O) groups excluding carboxylic acids is 4. The van der Waals surface area contributed by atoms with Gasteiger partial charge in [0.1, 0.15) is 11.6 Å². The minimum Gasteiger partial charge on any atom is -0.508 e. The number of fused-ring (bicyclic) bond motifs is 4. The van der Waals surface area contributed by atoms with Gasteiger partial charge in [-0.2, -0.15) is 5.01 Å². The summed E-state index contributed by atoms with van der Waals surface area (Å²) in [6.07, 6.45) is 3.73. The number of piperidine rings is 1. The molecule has 0 bridgehead atoms. The van der Waals surface area contributed by atoms with Gasteiger partial charge in [-0.05, 0) is 97.3 Å². The number of halogens is 3. The van der Waals surface area contributed by atoms with Crippen LogP contribution in [0.5, 0.6) is 5.75 Å². The van der Waals surface area contributed by atoms with Gasteiger partial charge in [-0.25, -0.2) is 4.39 Å². The van der Waals surface area contributed by atoms with Gasteiger partial charge in [0.05, 0.1) is 28.9 Å². The van der Waals surface area contributed by atoms with Crippen LogP contribution in [0.4, 0.5) is 10.1 Å². The number of anilines is 1.